The number of hydrogen-bond donors (Lipinski definition) is 0. The van der Waals surface area contributed by atoms with E-state index in [-0.39, 0.29) is 12.5 Å². The monoisotopic (exact) mass is 310 g/mol. The zero-order valence-corrected chi connectivity index (χ0v) is 12.8. The van der Waals surface area contributed by atoms with Gasteiger partial charge < -0.3 is 0 Å². The van der Waals surface area contributed by atoms with Gasteiger partial charge in [0.1, 0.15) is 5.41 Å². The van der Waals surface area contributed by atoms with E-state index >= 15 is 0 Å². The summed E-state index contributed by atoms with van der Waals surface area (Å²) in [7, 11) is 0. The highest BCUT2D eigenvalue weighted by atomic mass is 19.3. The van der Waals surface area contributed by atoms with Crippen molar-refractivity contribution in [2.45, 2.75) is 45.6 Å². The smallest absolute Gasteiger partial charge is 0.252 e. The number of amides is 1. The molecule has 1 aromatic rings. The maximum Gasteiger partial charge on any atom is 0.252 e. The van der Waals surface area contributed by atoms with Crippen LogP contribution in [0.5, 0.6) is 0 Å². The number of aromatic nitrogens is 2. The normalized spacial score (nSPS) is 29.8. The van der Waals surface area contributed by atoms with Gasteiger partial charge in [-0.05, 0) is 33.1 Å². The molecule has 1 unspecified atom stereocenters. The lowest BCUT2D eigenvalue weighted by Gasteiger charge is -2.35. The van der Waals surface area contributed by atoms with Gasteiger partial charge in [0, 0.05) is 19.3 Å². The summed E-state index contributed by atoms with van der Waals surface area (Å²) in [6.07, 6.45) is 2.12. The highest BCUT2D eigenvalue weighted by Crippen LogP contribution is 2.42. The fourth-order valence-corrected chi connectivity index (χ4v) is 3.24. The fourth-order valence-electron chi connectivity index (χ4n) is 3.24. The first-order valence-electron chi connectivity index (χ1n) is 7.58. The van der Waals surface area contributed by atoms with Crippen LogP contribution in [0.3, 0.4) is 0 Å². The van der Waals surface area contributed by atoms with Crippen LogP contribution in [0, 0.1) is 12.3 Å². The number of fused-ring (bicyclic) bond motifs is 1. The summed E-state index contributed by atoms with van der Waals surface area (Å²) in [5.41, 5.74) is -0.159. The highest BCUT2D eigenvalue weighted by Gasteiger charge is 2.51. The Labute approximate surface area is 128 Å². The molecule has 1 amide bonds. The predicted octanol–water partition coefficient (Wildman–Crippen LogP) is 2.34. The van der Waals surface area contributed by atoms with Crippen LogP contribution in [0.25, 0.3) is 0 Å². The van der Waals surface area contributed by atoms with E-state index < -0.39 is 17.7 Å². The second-order valence-electron chi connectivity index (χ2n) is 6.31. The molecule has 2 aliphatic rings. The minimum atomic E-state index is -2.66. The lowest BCUT2D eigenvalue weighted by Crippen LogP contribution is -2.49. The van der Waals surface area contributed by atoms with Crippen LogP contribution in [0.1, 0.15) is 43.6 Å². The summed E-state index contributed by atoms with van der Waals surface area (Å²) in [4.78, 5) is 21.3. The van der Waals surface area contributed by atoms with Gasteiger partial charge in [0.05, 0.1) is 23.6 Å². The summed E-state index contributed by atoms with van der Waals surface area (Å²) >= 11 is 0. The van der Waals surface area contributed by atoms with Crippen LogP contribution >= 0.6 is 0 Å². The Morgan fingerprint density at radius 1 is 1.32 bits per heavy atom. The summed E-state index contributed by atoms with van der Waals surface area (Å²) in [5.74, 6) is -0.495. The van der Waals surface area contributed by atoms with Gasteiger partial charge in [0.2, 0.25) is 5.91 Å². The average Bonchev–Trinajstić information content (AvgIpc) is 2.85. The zero-order valence-electron chi connectivity index (χ0n) is 12.8. The molecule has 0 radical (unpaired) electrons. The first-order chi connectivity index (χ1) is 10.4. The molecule has 22 heavy (non-hydrogen) atoms. The number of carbonyl (C=O) groups excluding carboxylic acids is 1. The van der Waals surface area contributed by atoms with Crippen LogP contribution in [-0.2, 0) is 4.79 Å². The third kappa shape index (κ3) is 2.37. The van der Waals surface area contributed by atoms with Crippen molar-refractivity contribution in [1.29, 1.82) is 0 Å². The number of halogens is 2. The first-order valence-corrected chi connectivity index (χ1v) is 7.58. The van der Waals surface area contributed by atoms with Crippen molar-refractivity contribution in [2.75, 3.05) is 13.1 Å². The predicted molar refractivity (Wildman–Crippen MR) is 75.9 cm³/mol. The molecule has 0 aromatic carbocycles. The molecular formula is C15H20F2N4O. The number of aryl methyl sites for hydroxylation is 1. The minimum absolute atomic E-state index is 0.211. The Kier molecular flexibility index (Phi) is 3.84. The van der Waals surface area contributed by atoms with E-state index in [9.17, 15) is 13.6 Å². The largest absolute Gasteiger partial charge is 0.273 e. The molecule has 0 saturated carbocycles. The quantitative estimate of drug-likeness (QED) is 0.841. The molecule has 1 aromatic heterocycles. The van der Waals surface area contributed by atoms with Gasteiger partial charge in [-0.25, -0.2) is 13.8 Å². The number of rotatable bonds is 2. The lowest BCUT2D eigenvalue weighted by atomic mass is 9.84. The second-order valence-corrected chi connectivity index (χ2v) is 6.31. The third-order valence-electron chi connectivity index (χ3n) is 4.69. The molecule has 0 bridgehead atoms. The Morgan fingerprint density at radius 2 is 2.09 bits per heavy atom. The molecule has 120 valence electrons. The van der Waals surface area contributed by atoms with Crippen LogP contribution < -0.4 is 0 Å². The van der Waals surface area contributed by atoms with Crippen molar-refractivity contribution in [3.63, 3.8) is 0 Å². The van der Waals surface area contributed by atoms with Gasteiger partial charge in [-0.1, -0.05) is 0 Å². The molecule has 0 aliphatic carbocycles. The number of nitrogens with zero attached hydrogens (tertiary/aromatic N) is 4. The summed E-state index contributed by atoms with van der Waals surface area (Å²) < 4.78 is 27.0. The number of carbonyl (C=O) groups is 1. The van der Waals surface area contributed by atoms with Crippen molar-refractivity contribution in [2.24, 2.45) is 5.41 Å². The summed E-state index contributed by atoms with van der Waals surface area (Å²) in [6.45, 7) is 4.53. The first kappa shape index (κ1) is 15.3. The minimum Gasteiger partial charge on any atom is -0.273 e. The SMILES string of the molecule is Cc1cnc(C2CCN3CCC[C@@](C)(C(F)F)C(=O)N23)cn1. The zero-order chi connectivity index (χ0) is 15.9. The maximum atomic E-state index is 13.5. The Hall–Kier alpha value is -1.63. The Bertz CT molecular complexity index is 565. The summed E-state index contributed by atoms with van der Waals surface area (Å²) in [5, 5.41) is 3.40. The Balaban J connectivity index is 1.95. The van der Waals surface area contributed by atoms with Crippen LogP contribution in [0.2, 0.25) is 0 Å². The fraction of sp³-hybridized carbons (Fsp3) is 0.667. The van der Waals surface area contributed by atoms with Crippen LogP contribution in [0.4, 0.5) is 8.78 Å². The van der Waals surface area contributed by atoms with E-state index in [4.69, 9.17) is 0 Å². The molecule has 0 spiro atoms. The summed E-state index contributed by atoms with van der Waals surface area (Å²) in [6, 6.07) is -0.295. The van der Waals surface area contributed by atoms with Crippen molar-refractivity contribution >= 4 is 5.91 Å². The van der Waals surface area contributed by atoms with E-state index in [0.29, 0.717) is 31.6 Å². The van der Waals surface area contributed by atoms with E-state index in [2.05, 4.69) is 9.97 Å². The van der Waals surface area contributed by atoms with Crippen molar-refractivity contribution in [3.8, 4) is 0 Å². The molecule has 5 nitrogen and oxygen atoms in total. The van der Waals surface area contributed by atoms with Crippen LogP contribution in [0.15, 0.2) is 12.4 Å². The van der Waals surface area contributed by atoms with Crippen molar-refractivity contribution < 1.29 is 13.6 Å². The van der Waals surface area contributed by atoms with Gasteiger partial charge in [0.25, 0.3) is 6.43 Å². The highest BCUT2D eigenvalue weighted by molar-refractivity contribution is 5.83. The van der Waals surface area contributed by atoms with Gasteiger partial charge in [-0.15, -0.1) is 0 Å². The Morgan fingerprint density at radius 3 is 2.73 bits per heavy atom. The molecule has 2 aliphatic heterocycles. The van der Waals surface area contributed by atoms with Gasteiger partial charge in [-0.3, -0.25) is 19.8 Å². The van der Waals surface area contributed by atoms with Crippen molar-refractivity contribution in [3.05, 3.63) is 23.8 Å². The van der Waals surface area contributed by atoms with E-state index in [1.807, 2.05) is 11.9 Å². The second kappa shape index (κ2) is 5.53. The number of alkyl halides is 2. The molecule has 2 atom stereocenters. The molecule has 3 rings (SSSR count). The molecular weight excluding hydrogens is 290 g/mol. The average molecular weight is 310 g/mol. The number of hydrogen-bond acceptors (Lipinski definition) is 4. The standard InChI is InChI=1S/C15H20F2N4O/c1-10-8-19-11(9-18-10)12-4-7-20-6-3-5-15(2,13(16)17)14(22)21(12)20/h8-9,12-13H,3-7H2,1-2H3/t12?,15-/m0/s1. The van der Waals surface area contributed by atoms with E-state index in [0.717, 1.165) is 5.69 Å². The van der Waals surface area contributed by atoms with Crippen molar-refractivity contribution in [1.82, 2.24) is 20.0 Å². The van der Waals surface area contributed by atoms with E-state index in [1.54, 1.807) is 12.4 Å². The van der Waals surface area contributed by atoms with E-state index in [1.165, 1.54) is 11.9 Å². The topological polar surface area (TPSA) is 49.3 Å². The third-order valence-corrected chi connectivity index (χ3v) is 4.69. The van der Waals surface area contributed by atoms with Gasteiger partial charge in [0.15, 0.2) is 0 Å². The lowest BCUT2D eigenvalue weighted by molar-refractivity contribution is -0.164. The van der Waals surface area contributed by atoms with Crippen LogP contribution in [-0.4, -0.2) is 45.4 Å². The molecule has 3 heterocycles. The molecule has 2 saturated heterocycles. The molecule has 0 N–H and O–H groups in total. The number of hydrazine groups is 1. The molecule has 2 fully saturated rings. The van der Waals surface area contributed by atoms with Gasteiger partial charge in [-0.2, -0.15) is 0 Å². The molecule has 7 heteroatoms. The maximum absolute atomic E-state index is 13.5. The van der Waals surface area contributed by atoms with Gasteiger partial charge >= 0.3 is 0 Å².